The highest BCUT2D eigenvalue weighted by Gasteiger charge is 2.54. The molecule has 142 valence electrons. The molecule has 1 aliphatic heterocycles. The van der Waals surface area contributed by atoms with E-state index in [1.807, 2.05) is 0 Å². The molecule has 4 bridgehead atoms. The van der Waals surface area contributed by atoms with Crippen LogP contribution >= 0.6 is 11.3 Å². The van der Waals surface area contributed by atoms with E-state index in [9.17, 15) is 4.79 Å². The Bertz CT molecular complexity index is 603. The SMILES string of the molecule is O=C(NC[C@H](c1cccs1)N1CCOCC1)C12CC3CC(CC(C3)C1)C2. The first-order valence-electron chi connectivity index (χ1n) is 10.4. The Morgan fingerprint density at radius 2 is 1.85 bits per heavy atom. The highest BCUT2D eigenvalue weighted by Crippen LogP contribution is 2.60. The van der Waals surface area contributed by atoms with Crippen molar-refractivity contribution in [2.45, 2.75) is 44.6 Å². The van der Waals surface area contributed by atoms with Gasteiger partial charge in [-0.3, -0.25) is 9.69 Å². The van der Waals surface area contributed by atoms with E-state index in [1.165, 1.54) is 24.1 Å². The van der Waals surface area contributed by atoms with Crippen LogP contribution in [-0.4, -0.2) is 43.7 Å². The third-order valence-corrected chi connectivity index (χ3v) is 8.31. The van der Waals surface area contributed by atoms with Gasteiger partial charge in [-0.2, -0.15) is 0 Å². The molecule has 0 radical (unpaired) electrons. The van der Waals surface area contributed by atoms with Crippen LogP contribution in [0.15, 0.2) is 17.5 Å². The fourth-order valence-corrected chi connectivity index (χ4v) is 7.41. The van der Waals surface area contributed by atoms with Gasteiger partial charge in [-0.25, -0.2) is 0 Å². The maximum Gasteiger partial charge on any atom is 0.226 e. The molecule has 0 spiro atoms. The number of nitrogens with zero attached hydrogens (tertiary/aromatic N) is 1. The fourth-order valence-electron chi connectivity index (χ4n) is 6.55. The summed E-state index contributed by atoms with van der Waals surface area (Å²) in [5.74, 6) is 2.81. The van der Waals surface area contributed by atoms with E-state index in [0.29, 0.717) is 5.91 Å². The molecular weight excluding hydrogens is 344 g/mol. The second kappa shape index (κ2) is 6.92. The second-order valence-corrected chi connectivity index (χ2v) is 10.1. The molecule has 5 fully saturated rings. The first kappa shape index (κ1) is 17.2. The van der Waals surface area contributed by atoms with Gasteiger partial charge < -0.3 is 10.1 Å². The van der Waals surface area contributed by atoms with Gasteiger partial charge in [0.1, 0.15) is 0 Å². The lowest BCUT2D eigenvalue weighted by atomic mass is 9.49. The number of hydrogen-bond acceptors (Lipinski definition) is 4. The van der Waals surface area contributed by atoms with Crippen molar-refractivity contribution in [3.8, 4) is 0 Å². The van der Waals surface area contributed by atoms with Crippen LogP contribution in [0.2, 0.25) is 0 Å². The number of thiophene rings is 1. The van der Waals surface area contributed by atoms with E-state index < -0.39 is 0 Å². The predicted molar refractivity (Wildman–Crippen MR) is 103 cm³/mol. The van der Waals surface area contributed by atoms with Crippen LogP contribution in [-0.2, 0) is 9.53 Å². The molecule has 4 nitrogen and oxygen atoms in total. The Morgan fingerprint density at radius 3 is 2.42 bits per heavy atom. The van der Waals surface area contributed by atoms with Crippen LogP contribution in [0, 0.1) is 23.2 Å². The zero-order valence-corrected chi connectivity index (χ0v) is 16.3. The van der Waals surface area contributed by atoms with E-state index in [2.05, 4.69) is 27.7 Å². The molecule has 4 saturated carbocycles. The molecule has 4 aliphatic carbocycles. The van der Waals surface area contributed by atoms with Crippen LogP contribution in [0.5, 0.6) is 0 Å². The Labute approximate surface area is 160 Å². The van der Waals surface area contributed by atoms with Crippen molar-refractivity contribution in [1.82, 2.24) is 10.2 Å². The van der Waals surface area contributed by atoms with E-state index in [0.717, 1.165) is 69.9 Å². The maximum atomic E-state index is 13.3. The number of morpholine rings is 1. The molecule has 2 heterocycles. The monoisotopic (exact) mass is 374 g/mol. The number of rotatable bonds is 5. The molecule has 6 rings (SSSR count). The summed E-state index contributed by atoms with van der Waals surface area (Å²) in [6.07, 6.45) is 7.60. The minimum Gasteiger partial charge on any atom is -0.379 e. The van der Waals surface area contributed by atoms with Gasteiger partial charge in [0.15, 0.2) is 0 Å². The molecule has 5 aliphatic rings. The Morgan fingerprint density at radius 1 is 1.19 bits per heavy atom. The third-order valence-electron chi connectivity index (χ3n) is 7.33. The molecule has 26 heavy (non-hydrogen) atoms. The maximum absolute atomic E-state index is 13.3. The molecule has 1 aromatic rings. The lowest BCUT2D eigenvalue weighted by Crippen LogP contribution is -2.54. The zero-order valence-electron chi connectivity index (χ0n) is 15.5. The number of hydrogen-bond donors (Lipinski definition) is 1. The standard InChI is InChI=1S/C21H30N2O2S/c24-20(21-11-15-8-16(12-21)10-17(9-15)13-21)22-14-18(19-2-1-7-26-19)23-3-5-25-6-4-23/h1-2,7,15-18H,3-6,8-14H2,(H,22,24)/t15?,16?,17?,18-,21?/m1/s1. The quantitative estimate of drug-likeness (QED) is 0.858. The summed E-state index contributed by atoms with van der Waals surface area (Å²) in [5.41, 5.74) is -0.0419. The first-order chi connectivity index (χ1) is 12.7. The highest BCUT2D eigenvalue weighted by atomic mass is 32.1. The smallest absolute Gasteiger partial charge is 0.226 e. The third kappa shape index (κ3) is 3.12. The van der Waals surface area contributed by atoms with Crippen LogP contribution in [0.1, 0.15) is 49.4 Å². The van der Waals surface area contributed by atoms with Crippen LogP contribution in [0.25, 0.3) is 0 Å². The summed E-state index contributed by atoms with van der Waals surface area (Å²) < 4.78 is 5.53. The van der Waals surface area contributed by atoms with Crippen molar-refractivity contribution in [2.24, 2.45) is 23.2 Å². The Kier molecular flexibility index (Phi) is 4.58. The topological polar surface area (TPSA) is 41.6 Å². The number of ether oxygens (including phenoxy) is 1. The van der Waals surface area contributed by atoms with Gasteiger partial charge in [-0.1, -0.05) is 6.07 Å². The lowest BCUT2D eigenvalue weighted by molar-refractivity contribution is -0.146. The Balaban J connectivity index is 1.28. The molecular formula is C21H30N2O2S. The molecule has 1 amide bonds. The average molecular weight is 375 g/mol. The summed E-state index contributed by atoms with van der Waals surface area (Å²) in [6, 6.07) is 4.62. The van der Waals surface area contributed by atoms with Gasteiger partial charge in [-0.15, -0.1) is 11.3 Å². The molecule has 0 aromatic carbocycles. The first-order valence-corrected chi connectivity index (χ1v) is 11.2. The number of nitrogens with one attached hydrogen (secondary N) is 1. The molecule has 1 atom stereocenters. The Hall–Kier alpha value is -0.910. The van der Waals surface area contributed by atoms with Crippen molar-refractivity contribution in [3.63, 3.8) is 0 Å². The lowest BCUT2D eigenvalue weighted by Gasteiger charge is -2.55. The van der Waals surface area contributed by atoms with E-state index >= 15 is 0 Å². The molecule has 5 heteroatoms. The van der Waals surface area contributed by atoms with Gasteiger partial charge in [0.2, 0.25) is 5.91 Å². The second-order valence-electron chi connectivity index (χ2n) is 9.09. The number of amides is 1. The van der Waals surface area contributed by atoms with Gasteiger partial charge in [0, 0.05) is 29.9 Å². The van der Waals surface area contributed by atoms with E-state index in [1.54, 1.807) is 11.3 Å². The number of carbonyl (C=O) groups excluding carboxylic acids is 1. The fraction of sp³-hybridized carbons (Fsp3) is 0.762. The predicted octanol–water partition coefficient (Wildman–Crippen LogP) is 3.45. The van der Waals surface area contributed by atoms with Crippen molar-refractivity contribution in [2.75, 3.05) is 32.8 Å². The van der Waals surface area contributed by atoms with Gasteiger partial charge in [0.25, 0.3) is 0 Å². The van der Waals surface area contributed by atoms with E-state index in [-0.39, 0.29) is 11.5 Å². The van der Waals surface area contributed by atoms with Gasteiger partial charge in [-0.05, 0) is 67.7 Å². The average Bonchev–Trinajstić information content (AvgIpc) is 3.16. The molecule has 1 N–H and O–H groups in total. The van der Waals surface area contributed by atoms with Gasteiger partial charge in [0.05, 0.1) is 19.3 Å². The van der Waals surface area contributed by atoms with Crippen molar-refractivity contribution < 1.29 is 9.53 Å². The largest absolute Gasteiger partial charge is 0.379 e. The van der Waals surface area contributed by atoms with Crippen LogP contribution in [0.4, 0.5) is 0 Å². The highest BCUT2D eigenvalue weighted by molar-refractivity contribution is 7.10. The van der Waals surface area contributed by atoms with Crippen molar-refractivity contribution >= 4 is 17.2 Å². The van der Waals surface area contributed by atoms with Crippen molar-refractivity contribution in [3.05, 3.63) is 22.4 Å². The molecule has 1 aromatic heterocycles. The summed E-state index contributed by atoms with van der Waals surface area (Å²) in [6.45, 7) is 4.24. The summed E-state index contributed by atoms with van der Waals surface area (Å²) in [4.78, 5) is 17.1. The summed E-state index contributed by atoms with van der Waals surface area (Å²) in [5, 5.41) is 5.55. The minimum atomic E-state index is -0.0419. The number of carbonyl (C=O) groups is 1. The molecule has 0 unspecified atom stereocenters. The normalized spacial score (nSPS) is 37.6. The minimum absolute atomic E-state index is 0.0419. The van der Waals surface area contributed by atoms with Gasteiger partial charge >= 0.3 is 0 Å². The summed E-state index contributed by atoms with van der Waals surface area (Å²) >= 11 is 1.80. The summed E-state index contributed by atoms with van der Waals surface area (Å²) in [7, 11) is 0. The molecule has 1 saturated heterocycles. The van der Waals surface area contributed by atoms with Crippen LogP contribution in [0.3, 0.4) is 0 Å². The van der Waals surface area contributed by atoms with Crippen molar-refractivity contribution in [1.29, 1.82) is 0 Å². The zero-order chi connectivity index (χ0) is 17.6. The van der Waals surface area contributed by atoms with E-state index in [4.69, 9.17) is 4.74 Å². The van der Waals surface area contributed by atoms with Crippen LogP contribution < -0.4 is 5.32 Å².